The summed E-state index contributed by atoms with van der Waals surface area (Å²) in [6, 6.07) is 0. The van der Waals surface area contributed by atoms with Gasteiger partial charge in [0.25, 0.3) is 0 Å². The number of carbonyl (C=O) groups is 1. The largest absolute Gasteiger partial charge is 0.419 e. The molecular formula is C21H31F3O3. The lowest BCUT2D eigenvalue weighted by Crippen LogP contribution is -2.62. The first-order chi connectivity index (χ1) is 12.5. The Morgan fingerprint density at radius 3 is 2.37 bits per heavy atom. The second kappa shape index (κ2) is 6.19. The summed E-state index contributed by atoms with van der Waals surface area (Å²) in [5.41, 5.74) is -2.93. The van der Waals surface area contributed by atoms with E-state index in [1.165, 1.54) is 0 Å². The zero-order valence-corrected chi connectivity index (χ0v) is 16.1. The third kappa shape index (κ3) is 2.72. The van der Waals surface area contributed by atoms with Gasteiger partial charge in [-0.1, -0.05) is 6.92 Å². The van der Waals surface area contributed by atoms with Crippen LogP contribution in [0.4, 0.5) is 13.2 Å². The van der Waals surface area contributed by atoms with Crippen LogP contribution in [0.25, 0.3) is 0 Å². The van der Waals surface area contributed by atoms with Crippen molar-refractivity contribution in [2.24, 2.45) is 40.9 Å². The molecule has 0 radical (unpaired) electrons. The third-order valence-corrected chi connectivity index (χ3v) is 9.12. The monoisotopic (exact) mass is 388 g/mol. The molecule has 27 heavy (non-hydrogen) atoms. The summed E-state index contributed by atoms with van der Waals surface area (Å²) in [5.74, 6) is 1.51. The van der Waals surface area contributed by atoms with Crippen molar-refractivity contribution >= 4 is 5.78 Å². The van der Waals surface area contributed by atoms with Crippen molar-refractivity contribution in [3.8, 4) is 0 Å². The van der Waals surface area contributed by atoms with Gasteiger partial charge in [0, 0.05) is 5.92 Å². The van der Waals surface area contributed by atoms with Crippen molar-refractivity contribution in [2.45, 2.75) is 83.1 Å². The molecular weight excluding hydrogens is 357 g/mol. The molecule has 0 aromatic heterocycles. The molecule has 4 aliphatic rings. The molecule has 1 unspecified atom stereocenters. The van der Waals surface area contributed by atoms with E-state index in [9.17, 15) is 28.2 Å². The van der Waals surface area contributed by atoms with Gasteiger partial charge in [0.05, 0.1) is 6.10 Å². The molecule has 4 aliphatic carbocycles. The van der Waals surface area contributed by atoms with Crippen LogP contribution in [0.1, 0.15) is 65.2 Å². The normalized spacial score (nSPS) is 52.6. The molecule has 0 aromatic rings. The van der Waals surface area contributed by atoms with Crippen LogP contribution >= 0.6 is 0 Å². The Morgan fingerprint density at radius 1 is 1.04 bits per heavy atom. The Hall–Kier alpha value is -0.620. The number of hydrogen-bond donors (Lipinski definition) is 2. The fourth-order valence-electron chi connectivity index (χ4n) is 7.82. The quantitative estimate of drug-likeness (QED) is 0.711. The first-order valence-electron chi connectivity index (χ1n) is 10.5. The van der Waals surface area contributed by atoms with Gasteiger partial charge < -0.3 is 10.2 Å². The predicted octanol–water partition coefficient (Wildman–Crippen LogP) is 4.11. The number of rotatable bonds is 1. The van der Waals surface area contributed by atoms with Gasteiger partial charge in [0.2, 0.25) is 0 Å². The smallest absolute Gasteiger partial charge is 0.390 e. The maximum atomic E-state index is 13.4. The summed E-state index contributed by atoms with van der Waals surface area (Å²) in [7, 11) is 0. The zero-order valence-electron chi connectivity index (χ0n) is 16.1. The van der Waals surface area contributed by atoms with Gasteiger partial charge in [-0.05, 0) is 93.3 Å². The van der Waals surface area contributed by atoms with E-state index in [-0.39, 0.29) is 41.8 Å². The summed E-state index contributed by atoms with van der Waals surface area (Å²) < 4.78 is 40.1. The number of hydrogen-bond acceptors (Lipinski definition) is 3. The van der Waals surface area contributed by atoms with E-state index >= 15 is 0 Å². The first kappa shape index (κ1) is 19.7. The number of aliphatic hydroxyl groups is 2. The predicted molar refractivity (Wildman–Crippen MR) is 93.7 cm³/mol. The highest BCUT2D eigenvalue weighted by Gasteiger charge is 2.65. The molecule has 4 fully saturated rings. The summed E-state index contributed by atoms with van der Waals surface area (Å²) in [4.78, 5) is 12.1. The fraction of sp³-hybridized carbons (Fsp3) is 0.952. The van der Waals surface area contributed by atoms with E-state index in [2.05, 4.69) is 6.92 Å². The molecule has 0 heterocycles. The molecule has 2 N–H and O–H groups in total. The number of aliphatic hydroxyl groups excluding tert-OH is 1. The van der Waals surface area contributed by atoms with Gasteiger partial charge in [0.1, 0.15) is 5.78 Å². The van der Waals surface area contributed by atoms with Crippen molar-refractivity contribution in [3.63, 3.8) is 0 Å². The van der Waals surface area contributed by atoms with Crippen molar-refractivity contribution in [1.29, 1.82) is 0 Å². The molecule has 4 saturated carbocycles. The SMILES string of the molecule is CC(=O)[C@H]1CC[C@H]2[C@@H]3CC[C@@H]4C[C@@](O)(C(F)(F)F)C(O)C[C@@H]4[C@H]3CC[C@]12C. The van der Waals surface area contributed by atoms with Crippen LogP contribution in [0.5, 0.6) is 0 Å². The zero-order chi connectivity index (χ0) is 19.8. The van der Waals surface area contributed by atoms with E-state index in [4.69, 9.17) is 0 Å². The summed E-state index contributed by atoms with van der Waals surface area (Å²) >= 11 is 0. The van der Waals surface area contributed by atoms with Gasteiger partial charge in [-0.2, -0.15) is 13.2 Å². The van der Waals surface area contributed by atoms with E-state index in [0.717, 1.165) is 32.1 Å². The van der Waals surface area contributed by atoms with Crippen LogP contribution in [0, 0.1) is 40.9 Å². The van der Waals surface area contributed by atoms with E-state index in [0.29, 0.717) is 24.2 Å². The second-order valence-corrected chi connectivity index (χ2v) is 10.1. The minimum Gasteiger partial charge on any atom is -0.390 e. The molecule has 154 valence electrons. The highest BCUT2D eigenvalue weighted by atomic mass is 19.4. The first-order valence-corrected chi connectivity index (χ1v) is 10.5. The van der Waals surface area contributed by atoms with Crippen molar-refractivity contribution in [3.05, 3.63) is 0 Å². The summed E-state index contributed by atoms with van der Waals surface area (Å²) in [6.45, 7) is 3.94. The Balaban J connectivity index is 1.56. The minimum atomic E-state index is -4.79. The lowest BCUT2D eigenvalue weighted by molar-refractivity contribution is -0.313. The maximum Gasteiger partial charge on any atom is 0.419 e. The number of fused-ring (bicyclic) bond motifs is 5. The van der Waals surface area contributed by atoms with Gasteiger partial charge >= 0.3 is 6.18 Å². The molecule has 0 saturated heterocycles. The lowest BCUT2D eigenvalue weighted by atomic mass is 9.48. The second-order valence-electron chi connectivity index (χ2n) is 10.1. The highest BCUT2D eigenvalue weighted by Crippen LogP contribution is 2.65. The van der Waals surface area contributed by atoms with Crippen LogP contribution in [0.15, 0.2) is 0 Å². The topological polar surface area (TPSA) is 57.5 Å². The summed E-state index contributed by atoms with van der Waals surface area (Å²) in [6.07, 6.45) is -1.43. The average Bonchev–Trinajstić information content (AvgIpc) is 2.92. The molecule has 3 nitrogen and oxygen atoms in total. The van der Waals surface area contributed by atoms with Crippen LogP contribution in [0.3, 0.4) is 0 Å². The lowest BCUT2D eigenvalue weighted by Gasteiger charge is -2.57. The molecule has 0 aliphatic heterocycles. The molecule has 0 spiro atoms. The molecule has 9 atom stereocenters. The number of carbonyl (C=O) groups excluding carboxylic acids is 1. The number of Topliss-reactive ketones (excluding diaryl/α,β-unsaturated/α-hetero) is 1. The fourth-order valence-corrected chi connectivity index (χ4v) is 7.82. The summed E-state index contributed by atoms with van der Waals surface area (Å²) in [5, 5.41) is 20.4. The van der Waals surface area contributed by atoms with Crippen molar-refractivity contribution < 1.29 is 28.2 Å². The highest BCUT2D eigenvalue weighted by molar-refractivity contribution is 5.79. The van der Waals surface area contributed by atoms with E-state index in [1.807, 2.05) is 0 Å². The number of halogens is 3. The van der Waals surface area contributed by atoms with Gasteiger partial charge in [0.15, 0.2) is 5.60 Å². The van der Waals surface area contributed by atoms with Gasteiger partial charge in [-0.15, -0.1) is 0 Å². The van der Waals surface area contributed by atoms with Crippen LogP contribution in [-0.2, 0) is 4.79 Å². The Kier molecular flexibility index (Phi) is 4.51. The van der Waals surface area contributed by atoms with Crippen LogP contribution in [0.2, 0.25) is 0 Å². The van der Waals surface area contributed by atoms with Crippen molar-refractivity contribution in [2.75, 3.05) is 0 Å². The van der Waals surface area contributed by atoms with Crippen LogP contribution < -0.4 is 0 Å². The number of alkyl halides is 3. The van der Waals surface area contributed by atoms with Crippen LogP contribution in [-0.4, -0.2) is 33.9 Å². The Bertz CT molecular complexity index is 620. The van der Waals surface area contributed by atoms with E-state index in [1.54, 1.807) is 6.92 Å². The minimum absolute atomic E-state index is 0.0276. The molecule has 0 aromatic carbocycles. The van der Waals surface area contributed by atoms with Crippen molar-refractivity contribution in [1.82, 2.24) is 0 Å². The molecule has 0 bridgehead atoms. The Labute approximate surface area is 158 Å². The Morgan fingerprint density at radius 2 is 1.74 bits per heavy atom. The molecule has 0 amide bonds. The average molecular weight is 388 g/mol. The van der Waals surface area contributed by atoms with Gasteiger partial charge in [-0.25, -0.2) is 0 Å². The number of ketones is 1. The third-order valence-electron chi connectivity index (χ3n) is 9.12. The standard InChI is InChI=1S/C21H31F3O3/c1-11(25)16-5-6-17-14-4-3-12-10-20(27,21(22,23)24)18(26)9-15(12)13(14)7-8-19(16,17)2/h12-18,26-27H,3-10H2,1-2H3/t12-,13+,14-,15+,16-,17+,18?,19-,20+/m1/s1. The van der Waals surface area contributed by atoms with Gasteiger partial charge in [-0.3, -0.25) is 4.79 Å². The molecule has 4 rings (SSSR count). The van der Waals surface area contributed by atoms with E-state index < -0.39 is 17.9 Å². The molecule has 6 heteroatoms. The maximum absolute atomic E-state index is 13.4.